The number of quaternary nitrogens is 2. The van der Waals surface area contributed by atoms with Crippen LogP contribution in [-0.2, 0) is 4.79 Å². The minimum Gasteiger partial charge on any atom is -1.00 e. The molecule has 0 radical (unpaired) electrons. The molecule has 2 amide bonds. The van der Waals surface area contributed by atoms with E-state index in [0.29, 0.717) is 69.4 Å². The van der Waals surface area contributed by atoms with Crippen molar-refractivity contribution in [2.75, 3.05) is 69.5 Å². The van der Waals surface area contributed by atoms with Crippen molar-refractivity contribution in [3.05, 3.63) is 72.3 Å². The first-order chi connectivity index (χ1) is 30.2. The minimum absolute atomic E-state index is 0. The van der Waals surface area contributed by atoms with Gasteiger partial charge in [0.1, 0.15) is 28.5 Å². The van der Waals surface area contributed by atoms with Crippen molar-refractivity contribution in [1.82, 2.24) is 18.8 Å². The number of ether oxygens (including phenoxy) is 2. The van der Waals surface area contributed by atoms with Crippen molar-refractivity contribution in [2.24, 2.45) is 29.1 Å². The summed E-state index contributed by atoms with van der Waals surface area (Å²) < 4.78 is 12.5. The van der Waals surface area contributed by atoms with E-state index in [2.05, 4.69) is 61.7 Å². The highest BCUT2D eigenvalue weighted by Crippen LogP contribution is 2.67. The summed E-state index contributed by atoms with van der Waals surface area (Å²) in [5.74, 6) is 6.29. The van der Waals surface area contributed by atoms with Crippen molar-refractivity contribution in [1.29, 1.82) is 0 Å². The molecular formula is C54H80Br2N4O6. The van der Waals surface area contributed by atoms with Gasteiger partial charge in [-0.1, -0.05) is 81.2 Å². The average Bonchev–Trinajstić information content (AvgIpc) is 3.55. The molecule has 0 unspecified atom stereocenters. The van der Waals surface area contributed by atoms with Crippen LogP contribution < -0.4 is 52.4 Å². The largest absolute Gasteiger partial charge is 1.00 e. The van der Waals surface area contributed by atoms with E-state index < -0.39 is 5.60 Å². The molecule has 0 aliphatic heterocycles. The number of ketones is 1. The van der Waals surface area contributed by atoms with E-state index in [0.717, 1.165) is 94.8 Å². The normalized spacial score (nSPS) is 24.3. The number of carbonyl (C=O) groups is 3. The summed E-state index contributed by atoms with van der Waals surface area (Å²) in [7, 11) is 16.1. The Kier molecular flexibility index (Phi) is 21.3. The molecule has 66 heavy (non-hydrogen) atoms. The first kappa shape index (κ1) is 56.9. The van der Waals surface area contributed by atoms with E-state index in [1.165, 1.54) is 24.0 Å². The van der Waals surface area contributed by atoms with Gasteiger partial charge in [-0.2, -0.15) is 0 Å². The quantitative estimate of drug-likeness (QED) is 0.112. The van der Waals surface area contributed by atoms with Crippen LogP contribution in [0, 0.1) is 41.4 Å². The van der Waals surface area contributed by atoms with Crippen LogP contribution in [0.1, 0.15) is 110 Å². The Bertz CT molecular complexity index is 1950. The fourth-order valence-corrected chi connectivity index (χ4v) is 11.1. The van der Waals surface area contributed by atoms with Crippen molar-refractivity contribution < 1.29 is 62.9 Å². The number of unbranched alkanes of at least 4 members (excludes halogenated alkanes) is 7. The van der Waals surface area contributed by atoms with E-state index in [1.54, 1.807) is 23.9 Å². The Morgan fingerprint density at radius 3 is 1.73 bits per heavy atom. The lowest BCUT2D eigenvalue weighted by molar-refractivity contribution is -0.116. The maximum absolute atomic E-state index is 12.4. The molecule has 0 heterocycles. The number of carbonyl (C=O) groups excluding carboxylic acids is 3. The van der Waals surface area contributed by atoms with E-state index >= 15 is 0 Å². The molecule has 366 valence electrons. The molecule has 4 aliphatic rings. The monoisotopic (exact) mass is 1040 g/mol. The molecule has 0 aromatic heterocycles. The summed E-state index contributed by atoms with van der Waals surface area (Å²) in [6, 6.07) is 15.4. The highest BCUT2D eigenvalue weighted by molar-refractivity contribution is 5.91. The second-order valence-electron chi connectivity index (χ2n) is 21.0. The zero-order valence-corrected chi connectivity index (χ0v) is 44.7. The molecule has 2 aromatic rings. The van der Waals surface area contributed by atoms with Gasteiger partial charge in [-0.25, -0.2) is 9.59 Å². The molecular weight excluding hydrogens is 960 g/mol. The highest BCUT2D eigenvalue weighted by atomic mass is 79.9. The van der Waals surface area contributed by atoms with E-state index in [4.69, 9.17) is 15.9 Å². The van der Waals surface area contributed by atoms with E-state index in [1.807, 2.05) is 54.6 Å². The number of fused-ring (bicyclic) bond motifs is 5. The Balaban J connectivity index is 0.000000377. The number of allylic oxidation sites excluding steroid dienone is 2. The highest BCUT2D eigenvalue weighted by Gasteiger charge is 2.64. The Labute approximate surface area is 418 Å². The van der Waals surface area contributed by atoms with Crippen LogP contribution in [0.2, 0.25) is 0 Å². The third kappa shape index (κ3) is 14.1. The molecule has 0 spiro atoms. The summed E-state index contributed by atoms with van der Waals surface area (Å²) in [6.45, 7) is 8.03. The molecule has 4 aliphatic carbocycles. The SMILES string of the molecule is C#C[C@]1(O)CC[C@H]2[C@@H]3CCC4=CC(=O)CC[C@@H]4[C@H]3C(=C)C[C@@]21CC.CN(CCCCCCCCCCN(C)C(=O)Oc1cccc([N+](C)(C)C)c1)C(=O)Oc1cccc([N+](C)(C)C)c1.[Br-].[Br-]. The Hall–Kier alpha value is -3.47. The van der Waals surface area contributed by atoms with Gasteiger partial charge in [0.2, 0.25) is 0 Å². The van der Waals surface area contributed by atoms with Gasteiger partial charge >= 0.3 is 12.2 Å². The lowest BCUT2D eigenvalue weighted by atomic mass is 9.48. The fourth-order valence-electron chi connectivity index (χ4n) is 11.1. The second kappa shape index (κ2) is 24.7. The molecule has 6 rings (SSSR count). The van der Waals surface area contributed by atoms with Gasteiger partial charge < -0.3 is 58.3 Å². The van der Waals surface area contributed by atoms with Crippen LogP contribution in [0.25, 0.3) is 0 Å². The van der Waals surface area contributed by atoms with Gasteiger partial charge in [0.25, 0.3) is 0 Å². The van der Waals surface area contributed by atoms with Crippen molar-refractivity contribution in [3.63, 3.8) is 0 Å². The molecule has 1 N–H and O–H groups in total. The van der Waals surface area contributed by atoms with Gasteiger partial charge in [0.05, 0.1) is 42.3 Å². The molecule has 0 bridgehead atoms. The minimum atomic E-state index is -0.973. The predicted octanol–water partition coefficient (Wildman–Crippen LogP) is 4.82. The van der Waals surface area contributed by atoms with Gasteiger partial charge in [0.15, 0.2) is 5.78 Å². The van der Waals surface area contributed by atoms with Crippen LogP contribution in [-0.4, -0.2) is 108 Å². The molecule has 0 saturated heterocycles. The van der Waals surface area contributed by atoms with Crippen molar-refractivity contribution in [3.8, 4) is 23.8 Å². The third-order valence-electron chi connectivity index (χ3n) is 14.9. The van der Waals surface area contributed by atoms with Crippen molar-refractivity contribution in [2.45, 2.75) is 115 Å². The first-order valence-electron chi connectivity index (χ1n) is 24.0. The molecule has 10 nitrogen and oxygen atoms in total. The maximum Gasteiger partial charge on any atom is 0.414 e. The maximum atomic E-state index is 12.4. The number of halogens is 2. The number of aliphatic hydroxyl groups is 1. The molecule has 6 atom stereocenters. The number of amides is 2. The number of hydrogen-bond acceptors (Lipinski definition) is 6. The molecule has 3 fully saturated rings. The first-order valence-corrected chi connectivity index (χ1v) is 24.0. The average molecular weight is 1040 g/mol. The fraction of sp³-hybridized carbons (Fsp3) is 0.611. The Morgan fingerprint density at radius 2 is 1.27 bits per heavy atom. The number of benzene rings is 2. The van der Waals surface area contributed by atoms with Gasteiger partial charge in [-0.15, -0.1) is 6.42 Å². The number of nitrogens with zero attached hydrogens (tertiary/aromatic N) is 4. The van der Waals surface area contributed by atoms with Crippen molar-refractivity contribution >= 4 is 29.3 Å². The van der Waals surface area contributed by atoms with Gasteiger partial charge in [0, 0.05) is 51.2 Å². The standard InChI is InChI=1S/C32H52N4O4.C22H28O2.2BrH/c1-33(31(37)39-29-21-17-19-27(25-29)35(3,4)5)23-15-13-11-9-10-12-14-16-24-34(2)32(38)40-30-22-18-20-28(26-30)36(6,7)8;1-4-21-13-14(3)20-17-9-7-16(23)12-15(17)6-8-18(20)19(21)10-11-22(21,24)5-2;;/h17-22,25-26H,9-16,23-24H2,1-8H3;2,12,17-20,24H,3-4,6-11,13H2,1H3;2*1H/q+2;;;/p-2/t;17-,18-,19-,20+,21-,22-;;/m.0../s1. The van der Waals surface area contributed by atoms with Crippen LogP contribution in [0.5, 0.6) is 11.5 Å². The lowest BCUT2D eigenvalue weighted by Crippen LogP contribution is -3.00. The van der Waals surface area contributed by atoms with Gasteiger partial charge in [-0.3, -0.25) is 13.8 Å². The number of rotatable bonds is 16. The summed E-state index contributed by atoms with van der Waals surface area (Å²) >= 11 is 0. The van der Waals surface area contributed by atoms with Crippen LogP contribution in [0.4, 0.5) is 21.0 Å². The summed E-state index contributed by atoms with van der Waals surface area (Å²) in [5.41, 5.74) is 3.64. The summed E-state index contributed by atoms with van der Waals surface area (Å²) in [4.78, 5) is 40.0. The number of hydrogen-bond donors (Lipinski definition) is 1. The lowest BCUT2D eigenvalue weighted by Gasteiger charge is -2.56. The second-order valence-corrected chi connectivity index (χ2v) is 21.0. The Morgan fingerprint density at radius 1 is 0.788 bits per heavy atom. The zero-order valence-electron chi connectivity index (χ0n) is 41.6. The predicted molar refractivity (Wildman–Crippen MR) is 261 cm³/mol. The van der Waals surface area contributed by atoms with Crippen LogP contribution >= 0.6 is 0 Å². The smallest absolute Gasteiger partial charge is 0.414 e. The third-order valence-corrected chi connectivity index (χ3v) is 14.9. The van der Waals surface area contributed by atoms with Crippen LogP contribution in [0.15, 0.2) is 72.3 Å². The van der Waals surface area contributed by atoms with Crippen LogP contribution in [0.3, 0.4) is 0 Å². The topological polar surface area (TPSA) is 96.4 Å². The zero-order chi connectivity index (χ0) is 46.9. The summed E-state index contributed by atoms with van der Waals surface area (Å²) in [5, 5.41) is 11.2. The summed E-state index contributed by atoms with van der Waals surface area (Å²) in [6.07, 6.45) is 23.3. The molecule has 3 saturated carbocycles. The van der Waals surface area contributed by atoms with E-state index in [-0.39, 0.29) is 51.6 Å². The van der Waals surface area contributed by atoms with Gasteiger partial charge in [-0.05, 0) is 112 Å². The molecule has 2 aromatic carbocycles. The number of terminal acetylenes is 1. The van der Waals surface area contributed by atoms with E-state index in [9.17, 15) is 19.5 Å². The molecule has 12 heteroatoms.